The van der Waals surface area contributed by atoms with Crippen LogP contribution in [0.3, 0.4) is 0 Å². The second-order valence-corrected chi connectivity index (χ2v) is 5.70. The summed E-state index contributed by atoms with van der Waals surface area (Å²) < 4.78 is 5.68. The van der Waals surface area contributed by atoms with Crippen molar-refractivity contribution in [2.24, 2.45) is 0 Å². The maximum absolute atomic E-state index is 12.4. The van der Waals surface area contributed by atoms with Crippen LogP contribution < -0.4 is 11.0 Å². The van der Waals surface area contributed by atoms with E-state index in [1.807, 2.05) is 44.2 Å². The average molecular weight is 302 g/mol. The Labute approximate surface area is 133 Å². The number of rotatable bonds is 2. The van der Waals surface area contributed by atoms with Crippen LogP contribution in [0, 0.1) is 0 Å². The molecule has 0 aliphatic carbocycles. The van der Waals surface area contributed by atoms with Gasteiger partial charge < -0.3 is 9.40 Å². The Morgan fingerprint density at radius 1 is 1.22 bits per heavy atom. The number of aryl methyl sites for hydroxylation is 1. The zero-order chi connectivity index (χ0) is 16.0. The lowest BCUT2D eigenvalue weighted by molar-refractivity contribution is 0.661. The highest BCUT2D eigenvalue weighted by Crippen LogP contribution is 2.27. The number of aromatic nitrogens is 2. The third kappa shape index (κ3) is 2.16. The van der Waals surface area contributed by atoms with Crippen molar-refractivity contribution >= 4 is 35.4 Å². The quantitative estimate of drug-likeness (QED) is 0.577. The van der Waals surface area contributed by atoms with E-state index in [2.05, 4.69) is 18.0 Å². The van der Waals surface area contributed by atoms with Gasteiger partial charge in [-0.25, -0.2) is 4.98 Å². The zero-order valence-electron chi connectivity index (χ0n) is 13.0. The van der Waals surface area contributed by atoms with Crippen molar-refractivity contribution < 1.29 is 4.42 Å². The van der Waals surface area contributed by atoms with Gasteiger partial charge in [0.15, 0.2) is 0 Å². The Kier molecular flexibility index (Phi) is 3.08. The standard InChI is InChI=1S/C18H15BN2O2/c1-2-10-5-3-4-6-12(10)17-20-15-13-9-11(19)7-8-14(13)23-16(15)18(22)21-17/h3-9H,2,19H2,1H3,(H,20,21,22). The van der Waals surface area contributed by atoms with Crippen LogP contribution in [0.15, 0.2) is 51.7 Å². The van der Waals surface area contributed by atoms with Crippen molar-refractivity contribution in [3.8, 4) is 11.4 Å². The Bertz CT molecular complexity index is 1100. The average Bonchev–Trinajstić information content (AvgIpc) is 2.93. The largest absolute Gasteiger partial charge is 0.449 e. The molecule has 4 rings (SSSR count). The van der Waals surface area contributed by atoms with E-state index in [9.17, 15) is 4.79 Å². The number of aromatic amines is 1. The Balaban J connectivity index is 2.08. The number of H-pyrrole nitrogens is 1. The molecule has 0 aliphatic heterocycles. The fourth-order valence-corrected chi connectivity index (χ4v) is 2.95. The van der Waals surface area contributed by atoms with Gasteiger partial charge in [0.1, 0.15) is 24.8 Å². The summed E-state index contributed by atoms with van der Waals surface area (Å²) in [5.74, 6) is 0.587. The number of nitrogens with zero attached hydrogens (tertiary/aromatic N) is 1. The Morgan fingerprint density at radius 2 is 2.04 bits per heavy atom. The van der Waals surface area contributed by atoms with E-state index in [-0.39, 0.29) is 11.1 Å². The first-order valence-electron chi connectivity index (χ1n) is 7.69. The van der Waals surface area contributed by atoms with Crippen molar-refractivity contribution in [3.05, 3.63) is 58.4 Å². The maximum Gasteiger partial charge on any atom is 0.294 e. The molecule has 4 nitrogen and oxygen atoms in total. The van der Waals surface area contributed by atoms with Crippen LogP contribution in [0.4, 0.5) is 0 Å². The first kappa shape index (κ1) is 13.8. The van der Waals surface area contributed by atoms with E-state index in [0.717, 1.165) is 28.4 Å². The zero-order valence-corrected chi connectivity index (χ0v) is 13.0. The molecule has 112 valence electrons. The molecule has 0 saturated carbocycles. The molecular formula is C18H15BN2O2. The molecule has 0 aliphatic rings. The summed E-state index contributed by atoms with van der Waals surface area (Å²) >= 11 is 0. The fourth-order valence-electron chi connectivity index (χ4n) is 2.95. The van der Waals surface area contributed by atoms with E-state index in [4.69, 9.17) is 9.40 Å². The van der Waals surface area contributed by atoms with Crippen LogP contribution in [0.25, 0.3) is 33.5 Å². The van der Waals surface area contributed by atoms with E-state index < -0.39 is 0 Å². The van der Waals surface area contributed by atoms with Gasteiger partial charge >= 0.3 is 0 Å². The molecule has 0 bridgehead atoms. The number of hydrogen-bond acceptors (Lipinski definition) is 3. The molecule has 23 heavy (non-hydrogen) atoms. The topological polar surface area (TPSA) is 58.9 Å². The van der Waals surface area contributed by atoms with Gasteiger partial charge in [-0.1, -0.05) is 48.8 Å². The van der Waals surface area contributed by atoms with E-state index in [1.165, 1.54) is 0 Å². The molecule has 0 unspecified atom stereocenters. The first-order valence-corrected chi connectivity index (χ1v) is 7.69. The number of hydrogen-bond donors (Lipinski definition) is 1. The lowest BCUT2D eigenvalue weighted by Crippen LogP contribution is -2.09. The normalized spacial score (nSPS) is 11.3. The molecule has 0 fully saturated rings. The summed E-state index contributed by atoms with van der Waals surface area (Å²) in [4.78, 5) is 20.0. The van der Waals surface area contributed by atoms with Gasteiger partial charge in [-0.2, -0.15) is 0 Å². The van der Waals surface area contributed by atoms with Crippen LogP contribution in [0.2, 0.25) is 0 Å². The second-order valence-electron chi connectivity index (χ2n) is 5.70. The van der Waals surface area contributed by atoms with Gasteiger partial charge in [0.05, 0.1) is 0 Å². The molecule has 4 aromatic rings. The summed E-state index contributed by atoms with van der Waals surface area (Å²) in [6, 6.07) is 13.8. The molecule has 1 N–H and O–H groups in total. The van der Waals surface area contributed by atoms with E-state index in [0.29, 0.717) is 16.9 Å². The Hall–Kier alpha value is -2.82. The monoisotopic (exact) mass is 302 g/mol. The van der Waals surface area contributed by atoms with Crippen LogP contribution in [-0.2, 0) is 6.42 Å². The minimum absolute atomic E-state index is 0.246. The highest BCUT2D eigenvalue weighted by molar-refractivity contribution is 6.33. The van der Waals surface area contributed by atoms with E-state index in [1.54, 1.807) is 0 Å². The van der Waals surface area contributed by atoms with Gasteiger partial charge in [-0.05, 0) is 18.1 Å². The summed E-state index contributed by atoms with van der Waals surface area (Å²) in [5, 5.41) is 0.876. The second kappa shape index (κ2) is 5.12. The number of fused-ring (bicyclic) bond motifs is 3. The first-order chi connectivity index (χ1) is 11.2. The molecular weight excluding hydrogens is 287 g/mol. The Morgan fingerprint density at radius 3 is 2.87 bits per heavy atom. The summed E-state index contributed by atoms with van der Waals surface area (Å²) in [6.45, 7) is 2.09. The minimum Gasteiger partial charge on any atom is -0.449 e. The molecule has 0 amide bonds. The summed E-state index contributed by atoms with van der Waals surface area (Å²) in [7, 11) is 2.01. The van der Waals surface area contributed by atoms with Crippen molar-refractivity contribution in [2.45, 2.75) is 13.3 Å². The molecule has 0 saturated heterocycles. The minimum atomic E-state index is -0.246. The predicted molar refractivity (Wildman–Crippen MR) is 95.1 cm³/mol. The van der Waals surface area contributed by atoms with Crippen molar-refractivity contribution in [2.75, 3.05) is 0 Å². The van der Waals surface area contributed by atoms with Crippen LogP contribution in [-0.4, -0.2) is 17.8 Å². The number of nitrogens with one attached hydrogen (secondary N) is 1. The third-order valence-corrected chi connectivity index (χ3v) is 4.13. The summed E-state index contributed by atoms with van der Waals surface area (Å²) in [6.07, 6.45) is 0.878. The van der Waals surface area contributed by atoms with Gasteiger partial charge in [-0.15, -0.1) is 0 Å². The van der Waals surface area contributed by atoms with E-state index >= 15 is 0 Å². The number of benzene rings is 2. The SMILES string of the molecule is Bc1ccc2oc3c(=O)[nH]c(-c4ccccc4CC)nc3c2c1. The fraction of sp³-hybridized carbons (Fsp3) is 0.111. The molecule has 5 heteroatoms. The smallest absolute Gasteiger partial charge is 0.294 e. The molecule has 2 aromatic heterocycles. The highest BCUT2D eigenvalue weighted by Gasteiger charge is 2.15. The van der Waals surface area contributed by atoms with Crippen molar-refractivity contribution in [3.63, 3.8) is 0 Å². The molecule has 0 spiro atoms. The summed E-state index contributed by atoms with van der Waals surface area (Å²) in [5.41, 5.74) is 4.55. The maximum atomic E-state index is 12.4. The highest BCUT2D eigenvalue weighted by atomic mass is 16.3. The van der Waals surface area contributed by atoms with Gasteiger partial charge in [0.25, 0.3) is 5.56 Å². The lowest BCUT2D eigenvalue weighted by atomic mass is 9.95. The molecule has 0 atom stereocenters. The van der Waals surface area contributed by atoms with Crippen LogP contribution in [0.5, 0.6) is 0 Å². The van der Waals surface area contributed by atoms with Gasteiger partial charge in [-0.3, -0.25) is 4.79 Å². The van der Waals surface area contributed by atoms with Gasteiger partial charge in [0.2, 0.25) is 5.58 Å². The van der Waals surface area contributed by atoms with Gasteiger partial charge in [0, 0.05) is 10.9 Å². The van der Waals surface area contributed by atoms with Crippen LogP contribution in [0.1, 0.15) is 12.5 Å². The molecule has 2 heterocycles. The number of furan rings is 1. The van der Waals surface area contributed by atoms with Crippen LogP contribution >= 0.6 is 0 Å². The third-order valence-electron chi connectivity index (χ3n) is 4.13. The molecule has 2 aromatic carbocycles. The predicted octanol–water partition coefficient (Wildman–Crippen LogP) is 2.16. The van der Waals surface area contributed by atoms with Crippen molar-refractivity contribution in [1.29, 1.82) is 0 Å². The van der Waals surface area contributed by atoms with Crippen molar-refractivity contribution in [1.82, 2.24) is 9.97 Å². The lowest BCUT2D eigenvalue weighted by Gasteiger charge is -2.06. The molecule has 0 radical (unpaired) electrons.